The van der Waals surface area contributed by atoms with Crippen molar-refractivity contribution < 1.29 is 0 Å². The molecule has 0 spiro atoms. The van der Waals surface area contributed by atoms with Crippen LogP contribution in [0.3, 0.4) is 0 Å². The molecule has 4 heteroatoms. The lowest BCUT2D eigenvalue weighted by Gasteiger charge is -2.14. The Morgan fingerprint density at radius 2 is 2.11 bits per heavy atom. The summed E-state index contributed by atoms with van der Waals surface area (Å²) in [7, 11) is 0. The third-order valence-electron chi connectivity index (χ3n) is 2.81. The van der Waals surface area contributed by atoms with Crippen LogP contribution in [0.15, 0.2) is 27.9 Å². The van der Waals surface area contributed by atoms with E-state index >= 15 is 0 Å². The Morgan fingerprint density at radius 3 is 2.72 bits per heavy atom. The Hall–Kier alpha value is -0.840. The van der Waals surface area contributed by atoms with E-state index in [2.05, 4.69) is 42.4 Å². The fraction of sp³-hybridized carbons (Fsp3) is 0.357. The minimum atomic E-state index is 0.0693. The van der Waals surface area contributed by atoms with E-state index in [1.807, 2.05) is 6.92 Å². The van der Waals surface area contributed by atoms with E-state index in [0.717, 1.165) is 15.8 Å². The van der Waals surface area contributed by atoms with Gasteiger partial charge in [0.2, 0.25) is 0 Å². The van der Waals surface area contributed by atoms with Crippen LogP contribution in [0, 0.1) is 20.8 Å². The molecule has 1 atom stereocenters. The lowest BCUT2D eigenvalue weighted by molar-refractivity contribution is 0.821. The number of nitrogens with two attached hydrogens (primary N) is 1. The molecule has 96 valence electrons. The van der Waals surface area contributed by atoms with Gasteiger partial charge in [-0.25, -0.2) is 4.98 Å². The molecule has 0 aliphatic carbocycles. The average molecular weight is 278 g/mol. The first-order chi connectivity index (χ1) is 8.56. The van der Waals surface area contributed by atoms with Crippen molar-refractivity contribution in [2.75, 3.05) is 5.75 Å². The highest BCUT2D eigenvalue weighted by atomic mass is 32.2. The quantitative estimate of drug-likeness (QED) is 0.863. The van der Waals surface area contributed by atoms with E-state index in [9.17, 15) is 0 Å². The van der Waals surface area contributed by atoms with E-state index in [4.69, 9.17) is 5.73 Å². The second-order valence-electron chi connectivity index (χ2n) is 4.53. The maximum absolute atomic E-state index is 6.26. The van der Waals surface area contributed by atoms with Gasteiger partial charge in [-0.1, -0.05) is 35.5 Å². The first-order valence-corrected chi connectivity index (χ1v) is 7.80. The Labute approximate surface area is 117 Å². The summed E-state index contributed by atoms with van der Waals surface area (Å²) in [4.78, 5) is 4.44. The third-order valence-corrected chi connectivity index (χ3v) is 5.07. The van der Waals surface area contributed by atoms with Crippen molar-refractivity contribution >= 4 is 23.1 Å². The highest BCUT2D eigenvalue weighted by Gasteiger charge is 2.10. The Kier molecular flexibility index (Phi) is 4.43. The molecular formula is C14H18N2S2. The minimum absolute atomic E-state index is 0.0693. The van der Waals surface area contributed by atoms with Gasteiger partial charge >= 0.3 is 0 Å². The molecule has 18 heavy (non-hydrogen) atoms. The lowest BCUT2D eigenvalue weighted by Crippen LogP contribution is -2.14. The van der Waals surface area contributed by atoms with Gasteiger partial charge in [0.1, 0.15) is 4.34 Å². The highest BCUT2D eigenvalue weighted by Crippen LogP contribution is 2.27. The van der Waals surface area contributed by atoms with Crippen LogP contribution in [0.1, 0.15) is 28.4 Å². The molecule has 1 heterocycles. The second kappa shape index (κ2) is 5.87. The van der Waals surface area contributed by atoms with Crippen molar-refractivity contribution in [3.05, 3.63) is 46.0 Å². The number of nitrogens with zero attached hydrogens (tertiary/aromatic N) is 1. The van der Waals surface area contributed by atoms with E-state index in [0.29, 0.717) is 0 Å². The Balaban J connectivity index is 2.01. The van der Waals surface area contributed by atoms with E-state index < -0.39 is 0 Å². The molecule has 1 aromatic heterocycles. The second-order valence-corrected chi connectivity index (χ2v) is 6.66. The fourth-order valence-corrected chi connectivity index (χ4v) is 3.74. The van der Waals surface area contributed by atoms with Crippen LogP contribution in [0.2, 0.25) is 0 Å². The lowest BCUT2D eigenvalue weighted by atomic mass is 10.0. The SMILES string of the molecule is Cc1ccc(C(N)CSc2nc(C)cs2)c(C)c1. The van der Waals surface area contributed by atoms with Crippen LogP contribution in [-0.4, -0.2) is 10.7 Å². The predicted molar refractivity (Wildman–Crippen MR) is 80.4 cm³/mol. The third kappa shape index (κ3) is 3.34. The zero-order valence-electron chi connectivity index (χ0n) is 10.9. The molecule has 0 fully saturated rings. The van der Waals surface area contributed by atoms with Gasteiger partial charge in [-0.2, -0.15) is 0 Å². The number of benzene rings is 1. The Morgan fingerprint density at radius 1 is 1.33 bits per heavy atom. The number of thiazole rings is 1. The van der Waals surface area contributed by atoms with E-state index in [-0.39, 0.29) is 6.04 Å². The number of aryl methyl sites for hydroxylation is 3. The molecule has 0 saturated heterocycles. The molecule has 2 rings (SSSR count). The molecule has 1 aromatic carbocycles. The van der Waals surface area contributed by atoms with Crippen molar-refractivity contribution in [1.82, 2.24) is 4.98 Å². The van der Waals surface area contributed by atoms with Gasteiger partial charge in [-0.15, -0.1) is 11.3 Å². The summed E-state index contributed by atoms with van der Waals surface area (Å²) in [5, 5.41) is 2.07. The summed E-state index contributed by atoms with van der Waals surface area (Å²) in [6.07, 6.45) is 0. The zero-order valence-corrected chi connectivity index (χ0v) is 12.6. The van der Waals surface area contributed by atoms with Crippen LogP contribution < -0.4 is 5.73 Å². The van der Waals surface area contributed by atoms with Crippen molar-refractivity contribution in [3.63, 3.8) is 0 Å². The van der Waals surface area contributed by atoms with Gasteiger partial charge < -0.3 is 5.73 Å². The number of rotatable bonds is 4. The standard InChI is InChI=1S/C14H18N2S2/c1-9-4-5-12(10(2)6-9)13(15)8-18-14-16-11(3)7-17-14/h4-7,13H,8,15H2,1-3H3. The normalized spacial score (nSPS) is 12.7. The van der Waals surface area contributed by atoms with Crippen LogP contribution in [0.25, 0.3) is 0 Å². The molecule has 0 bridgehead atoms. The van der Waals surface area contributed by atoms with Crippen molar-refractivity contribution in [2.45, 2.75) is 31.2 Å². The molecule has 0 aliphatic rings. The monoisotopic (exact) mass is 278 g/mol. The summed E-state index contributed by atoms with van der Waals surface area (Å²) in [5.41, 5.74) is 11.1. The molecule has 2 N–H and O–H groups in total. The zero-order chi connectivity index (χ0) is 13.1. The topological polar surface area (TPSA) is 38.9 Å². The maximum atomic E-state index is 6.26. The number of aromatic nitrogens is 1. The average Bonchev–Trinajstić information content (AvgIpc) is 2.72. The summed E-state index contributed by atoms with van der Waals surface area (Å²) in [6.45, 7) is 6.25. The summed E-state index contributed by atoms with van der Waals surface area (Å²) < 4.78 is 1.10. The molecule has 0 saturated carbocycles. The maximum Gasteiger partial charge on any atom is 0.150 e. The predicted octanol–water partition coefficient (Wildman–Crippen LogP) is 3.86. The molecule has 2 aromatic rings. The number of hydrogen-bond acceptors (Lipinski definition) is 4. The summed E-state index contributed by atoms with van der Waals surface area (Å²) in [6, 6.07) is 6.52. The molecule has 2 nitrogen and oxygen atoms in total. The van der Waals surface area contributed by atoms with Crippen LogP contribution >= 0.6 is 23.1 Å². The van der Waals surface area contributed by atoms with Gasteiger partial charge in [0.15, 0.2) is 0 Å². The number of thioether (sulfide) groups is 1. The smallest absolute Gasteiger partial charge is 0.150 e. The molecule has 0 aliphatic heterocycles. The summed E-state index contributed by atoms with van der Waals surface area (Å²) in [5.74, 6) is 0.872. The van der Waals surface area contributed by atoms with E-state index in [1.165, 1.54) is 16.7 Å². The molecular weight excluding hydrogens is 260 g/mol. The van der Waals surface area contributed by atoms with Crippen molar-refractivity contribution in [2.24, 2.45) is 5.73 Å². The van der Waals surface area contributed by atoms with E-state index in [1.54, 1.807) is 23.1 Å². The van der Waals surface area contributed by atoms with Crippen LogP contribution in [0.5, 0.6) is 0 Å². The van der Waals surface area contributed by atoms with Gasteiger partial charge in [-0.05, 0) is 31.9 Å². The van der Waals surface area contributed by atoms with Gasteiger partial charge in [0.25, 0.3) is 0 Å². The molecule has 0 radical (unpaired) electrons. The number of hydrogen-bond donors (Lipinski definition) is 1. The fourth-order valence-electron chi connectivity index (χ4n) is 1.89. The van der Waals surface area contributed by atoms with Crippen LogP contribution in [-0.2, 0) is 0 Å². The highest BCUT2D eigenvalue weighted by molar-refractivity contribution is 8.01. The summed E-state index contributed by atoms with van der Waals surface area (Å²) >= 11 is 3.43. The molecule has 1 unspecified atom stereocenters. The first-order valence-electron chi connectivity index (χ1n) is 5.94. The van der Waals surface area contributed by atoms with Crippen molar-refractivity contribution in [3.8, 4) is 0 Å². The van der Waals surface area contributed by atoms with Crippen LogP contribution in [0.4, 0.5) is 0 Å². The first kappa shape index (κ1) is 13.6. The largest absolute Gasteiger partial charge is 0.323 e. The molecule has 0 amide bonds. The van der Waals surface area contributed by atoms with Gasteiger partial charge in [-0.3, -0.25) is 0 Å². The Bertz CT molecular complexity index is 534. The minimum Gasteiger partial charge on any atom is -0.323 e. The van der Waals surface area contributed by atoms with Gasteiger partial charge in [0, 0.05) is 22.9 Å². The van der Waals surface area contributed by atoms with Crippen molar-refractivity contribution in [1.29, 1.82) is 0 Å². The van der Waals surface area contributed by atoms with Gasteiger partial charge in [0.05, 0.1) is 0 Å².